The topological polar surface area (TPSA) is 40.6 Å². The van der Waals surface area contributed by atoms with Crippen LogP contribution in [-0.2, 0) is 17.6 Å². The third-order valence-electron chi connectivity index (χ3n) is 3.70. The summed E-state index contributed by atoms with van der Waals surface area (Å²) in [6.45, 7) is 0. The van der Waals surface area contributed by atoms with E-state index < -0.39 is 17.5 Å². The summed E-state index contributed by atoms with van der Waals surface area (Å²) in [6.07, 6.45) is 1.63. The Kier molecular flexibility index (Phi) is 2.54. The minimum absolute atomic E-state index is 0.417. The smallest absolute Gasteiger partial charge is 0.270 e. The third-order valence-corrected chi connectivity index (χ3v) is 4.46. The lowest BCUT2D eigenvalue weighted by molar-refractivity contribution is -0.129. The molecule has 0 radical (unpaired) electrons. The Morgan fingerprint density at radius 2 is 1.78 bits per heavy atom. The first-order valence-electron chi connectivity index (χ1n) is 5.63. The van der Waals surface area contributed by atoms with Gasteiger partial charge in [-0.2, -0.15) is 4.42 Å². The largest absolute Gasteiger partial charge is 0.357 e. The highest BCUT2D eigenvalue weighted by atomic mass is 35.5. The summed E-state index contributed by atoms with van der Waals surface area (Å²) in [6, 6.07) is 7.19. The van der Waals surface area contributed by atoms with E-state index in [2.05, 4.69) is 0 Å². The van der Waals surface area contributed by atoms with Crippen molar-refractivity contribution in [3.8, 4) is 0 Å². The number of hydrogen-bond acceptors (Lipinski definition) is 2. The summed E-state index contributed by atoms with van der Waals surface area (Å²) in [5.74, 6) is -0.432. The lowest BCUT2D eigenvalue weighted by Gasteiger charge is -2.34. The van der Waals surface area contributed by atoms with Crippen molar-refractivity contribution >= 4 is 35.5 Å². The molecule has 1 saturated heterocycles. The fourth-order valence-electron chi connectivity index (χ4n) is 2.68. The van der Waals surface area contributed by atoms with Crippen molar-refractivity contribution < 1.29 is 9.59 Å². The molecule has 1 aromatic rings. The molecule has 1 unspecified atom stereocenters. The normalized spacial score (nSPS) is 27.0. The van der Waals surface area contributed by atoms with Gasteiger partial charge in [0.2, 0.25) is 0 Å². The summed E-state index contributed by atoms with van der Waals surface area (Å²) >= 11 is 11.7. The van der Waals surface area contributed by atoms with Crippen molar-refractivity contribution in [1.29, 1.82) is 0 Å². The van der Waals surface area contributed by atoms with Crippen LogP contribution in [0, 0.1) is 0 Å². The van der Waals surface area contributed by atoms with Gasteiger partial charge in [0, 0.05) is 30.0 Å². The van der Waals surface area contributed by atoms with E-state index in [0.717, 1.165) is 9.98 Å². The molecule has 3 rings (SSSR count). The van der Waals surface area contributed by atoms with E-state index in [1.165, 1.54) is 5.56 Å². The Morgan fingerprint density at radius 1 is 1.11 bits per heavy atom. The van der Waals surface area contributed by atoms with Gasteiger partial charge in [-0.25, -0.2) is 9.21 Å². The number of halogens is 2. The molecule has 1 atom stereocenters. The van der Waals surface area contributed by atoms with Crippen LogP contribution in [0.15, 0.2) is 24.3 Å². The van der Waals surface area contributed by atoms with Crippen LogP contribution in [-0.4, -0.2) is 26.3 Å². The zero-order chi connectivity index (χ0) is 12.9. The van der Waals surface area contributed by atoms with E-state index in [1.54, 1.807) is 0 Å². The maximum Gasteiger partial charge on any atom is 0.357 e. The van der Waals surface area contributed by atoms with Crippen LogP contribution in [0.25, 0.3) is 0 Å². The molecule has 4 nitrogen and oxygen atoms in total. The van der Waals surface area contributed by atoms with Gasteiger partial charge in [0.25, 0.3) is 5.91 Å². The number of hydrogen-bond donors (Lipinski definition) is 0. The summed E-state index contributed by atoms with van der Waals surface area (Å²) in [5.41, 5.74) is 1.22. The highest BCUT2D eigenvalue weighted by Crippen LogP contribution is 2.41. The summed E-state index contributed by atoms with van der Waals surface area (Å²) in [4.78, 5) is 23.8. The number of urea groups is 1. The van der Waals surface area contributed by atoms with Crippen molar-refractivity contribution in [3.63, 3.8) is 0 Å². The number of aryl methyl sites for hydroxylation is 1. The standard InChI is InChI=1S/C12H10Cl2N2O2/c13-15-10(17)12(16(14)11(15)18)6-5-8-3-1-2-4-9(8)7-12/h1-4H,5-7H2. The predicted molar refractivity (Wildman–Crippen MR) is 67.0 cm³/mol. The van der Waals surface area contributed by atoms with E-state index in [9.17, 15) is 9.59 Å². The van der Waals surface area contributed by atoms with Crippen molar-refractivity contribution in [2.24, 2.45) is 0 Å². The molecule has 18 heavy (non-hydrogen) atoms. The first-order chi connectivity index (χ1) is 8.56. The second-order valence-corrected chi connectivity index (χ2v) is 5.30. The third kappa shape index (κ3) is 1.39. The number of rotatable bonds is 0. The van der Waals surface area contributed by atoms with Gasteiger partial charge in [-0.05, 0) is 24.0 Å². The van der Waals surface area contributed by atoms with E-state index in [1.807, 2.05) is 24.3 Å². The molecule has 1 aliphatic carbocycles. The van der Waals surface area contributed by atoms with Gasteiger partial charge >= 0.3 is 6.03 Å². The van der Waals surface area contributed by atoms with Crippen molar-refractivity contribution in [1.82, 2.24) is 8.84 Å². The molecule has 1 heterocycles. The molecule has 0 N–H and O–H groups in total. The average Bonchev–Trinajstić information content (AvgIpc) is 2.56. The molecule has 1 aromatic carbocycles. The van der Waals surface area contributed by atoms with Crippen LogP contribution in [0.4, 0.5) is 4.79 Å². The van der Waals surface area contributed by atoms with Crippen LogP contribution in [0.2, 0.25) is 0 Å². The van der Waals surface area contributed by atoms with Gasteiger partial charge in [0.05, 0.1) is 0 Å². The van der Waals surface area contributed by atoms with Gasteiger partial charge < -0.3 is 0 Å². The molecular weight excluding hydrogens is 275 g/mol. The fraction of sp³-hybridized carbons (Fsp3) is 0.333. The first kappa shape index (κ1) is 11.8. The van der Waals surface area contributed by atoms with E-state index in [-0.39, 0.29) is 0 Å². The average molecular weight is 285 g/mol. The molecule has 1 spiro atoms. The molecule has 0 aromatic heterocycles. The molecule has 6 heteroatoms. The van der Waals surface area contributed by atoms with Gasteiger partial charge in [0.1, 0.15) is 5.54 Å². The molecule has 3 amide bonds. The quantitative estimate of drug-likeness (QED) is 0.543. The van der Waals surface area contributed by atoms with Crippen LogP contribution in [0.1, 0.15) is 17.5 Å². The Labute approximate surface area is 114 Å². The second kappa shape index (κ2) is 3.87. The number of nitrogens with zero attached hydrogens (tertiary/aromatic N) is 2. The van der Waals surface area contributed by atoms with Crippen LogP contribution in [0.5, 0.6) is 0 Å². The van der Waals surface area contributed by atoms with Gasteiger partial charge in [-0.1, -0.05) is 24.3 Å². The SMILES string of the molecule is O=C1N(Cl)C(=O)C2(CCc3ccccc3C2)N1Cl. The number of benzene rings is 1. The van der Waals surface area contributed by atoms with Crippen LogP contribution in [0.3, 0.4) is 0 Å². The van der Waals surface area contributed by atoms with Crippen LogP contribution < -0.4 is 0 Å². The van der Waals surface area contributed by atoms with Gasteiger partial charge in [-0.15, -0.1) is 0 Å². The number of carbonyl (C=O) groups excluding carboxylic acids is 2. The highest BCUT2D eigenvalue weighted by molar-refractivity contribution is 6.39. The van der Waals surface area contributed by atoms with Crippen molar-refractivity contribution in [2.45, 2.75) is 24.8 Å². The minimum atomic E-state index is -1.02. The zero-order valence-corrected chi connectivity index (χ0v) is 10.9. The molecule has 94 valence electrons. The monoisotopic (exact) mass is 284 g/mol. The Balaban J connectivity index is 2.04. The van der Waals surface area contributed by atoms with E-state index in [4.69, 9.17) is 23.6 Å². The molecule has 2 aliphatic rings. The lowest BCUT2D eigenvalue weighted by Crippen LogP contribution is -2.49. The fourth-order valence-corrected chi connectivity index (χ4v) is 3.25. The van der Waals surface area contributed by atoms with Gasteiger partial charge in [0.15, 0.2) is 0 Å². The number of carbonyl (C=O) groups is 2. The maximum absolute atomic E-state index is 12.2. The maximum atomic E-state index is 12.2. The molecule has 1 fully saturated rings. The number of fused-ring (bicyclic) bond motifs is 1. The van der Waals surface area contributed by atoms with E-state index >= 15 is 0 Å². The number of amides is 3. The Morgan fingerprint density at radius 3 is 2.39 bits per heavy atom. The highest BCUT2D eigenvalue weighted by Gasteiger charge is 2.58. The van der Waals surface area contributed by atoms with E-state index in [0.29, 0.717) is 23.7 Å². The molecule has 0 bridgehead atoms. The van der Waals surface area contributed by atoms with Gasteiger partial charge in [-0.3, -0.25) is 4.79 Å². The molecule has 1 aliphatic heterocycles. The Hall–Kier alpha value is -1.26. The van der Waals surface area contributed by atoms with Crippen LogP contribution >= 0.6 is 23.6 Å². The van der Waals surface area contributed by atoms with Crippen molar-refractivity contribution in [3.05, 3.63) is 35.4 Å². The lowest BCUT2D eigenvalue weighted by atomic mass is 9.78. The summed E-state index contributed by atoms with van der Waals surface area (Å²) in [7, 11) is 0. The Bertz CT molecular complexity index is 549. The number of imide groups is 1. The first-order valence-corrected chi connectivity index (χ1v) is 6.31. The second-order valence-electron chi connectivity index (χ2n) is 4.63. The molecular formula is C12H10Cl2N2O2. The summed E-state index contributed by atoms with van der Waals surface area (Å²) in [5, 5.41) is 0. The van der Waals surface area contributed by atoms with Crippen molar-refractivity contribution in [2.75, 3.05) is 0 Å². The summed E-state index contributed by atoms with van der Waals surface area (Å²) < 4.78 is 1.54. The molecule has 0 saturated carbocycles. The minimum Gasteiger partial charge on any atom is -0.270 e. The predicted octanol–water partition coefficient (Wildman–Crippen LogP) is 2.49. The zero-order valence-electron chi connectivity index (χ0n) is 9.40.